The summed E-state index contributed by atoms with van der Waals surface area (Å²) >= 11 is 1.27. The van der Waals surface area contributed by atoms with Crippen molar-refractivity contribution in [3.8, 4) is 0 Å². The largest absolute Gasteiger partial charge is 0.500 e. The van der Waals surface area contributed by atoms with Gasteiger partial charge in [-0.3, -0.25) is 4.79 Å². The van der Waals surface area contributed by atoms with Gasteiger partial charge in [0, 0.05) is 6.08 Å². The molecular formula is C5H6O2S. The van der Waals surface area contributed by atoms with E-state index in [1.54, 1.807) is 7.11 Å². The summed E-state index contributed by atoms with van der Waals surface area (Å²) in [5.41, 5.74) is 0. The molecule has 0 unspecified atom stereocenters. The van der Waals surface area contributed by atoms with Crippen LogP contribution >= 0.6 is 11.8 Å². The van der Waals surface area contributed by atoms with Crippen LogP contribution in [0.2, 0.25) is 0 Å². The van der Waals surface area contributed by atoms with Crippen LogP contribution < -0.4 is 0 Å². The maximum Gasteiger partial charge on any atom is 0.215 e. The predicted molar refractivity (Wildman–Crippen MR) is 32.6 cm³/mol. The van der Waals surface area contributed by atoms with Crippen LogP contribution in [0.15, 0.2) is 11.8 Å². The zero-order valence-electron chi connectivity index (χ0n) is 4.51. The first-order chi connectivity index (χ1) is 3.83. The highest BCUT2D eigenvalue weighted by atomic mass is 32.2. The van der Waals surface area contributed by atoms with E-state index < -0.39 is 0 Å². The number of ether oxygens (including phenoxy) is 1. The lowest BCUT2D eigenvalue weighted by molar-refractivity contribution is -0.106. The molecule has 8 heavy (non-hydrogen) atoms. The molecule has 0 N–H and O–H groups in total. The SMILES string of the molecule is COC1=CC(=O)SC1. The van der Waals surface area contributed by atoms with Crippen molar-refractivity contribution in [1.82, 2.24) is 0 Å². The van der Waals surface area contributed by atoms with Gasteiger partial charge in [-0.25, -0.2) is 0 Å². The molecular weight excluding hydrogens is 124 g/mol. The number of hydrogen-bond donors (Lipinski definition) is 0. The van der Waals surface area contributed by atoms with Gasteiger partial charge in [-0.05, 0) is 0 Å². The Morgan fingerprint density at radius 3 is 2.88 bits per heavy atom. The normalized spacial score (nSPS) is 18.6. The van der Waals surface area contributed by atoms with Gasteiger partial charge < -0.3 is 4.74 Å². The van der Waals surface area contributed by atoms with Crippen LogP contribution in [0.25, 0.3) is 0 Å². The monoisotopic (exact) mass is 130 g/mol. The lowest BCUT2D eigenvalue weighted by Gasteiger charge is -1.92. The smallest absolute Gasteiger partial charge is 0.215 e. The van der Waals surface area contributed by atoms with E-state index in [1.165, 1.54) is 17.8 Å². The van der Waals surface area contributed by atoms with Crippen LogP contribution in [0, 0.1) is 0 Å². The van der Waals surface area contributed by atoms with E-state index in [0.29, 0.717) is 5.75 Å². The molecule has 44 valence electrons. The van der Waals surface area contributed by atoms with Gasteiger partial charge in [0.1, 0.15) is 5.76 Å². The highest BCUT2D eigenvalue weighted by molar-refractivity contribution is 8.14. The number of thioether (sulfide) groups is 1. The van der Waals surface area contributed by atoms with Crippen molar-refractivity contribution in [3.05, 3.63) is 11.8 Å². The summed E-state index contributed by atoms with van der Waals surface area (Å²) in [6.45, 7) is 0. The molecule has 0 aromatic carbocycles. The number of carbonyl (C=O) groups is 1. The van der Waals surface area contributed by atoms with Crippen molar-refractivity contribution in [2.45, 2.75) is 0 Å². The zero-order valence-corrected chi connectivity index (χ0v) is 5.33. The minimum Gasteiger partial charge on any atom is -0.500 e. The Labute approximate surface area is 51.9 Å². The second kappa shape index (κ2) is 2.22. The van der Waals surface area contributed by atoms with Crippen LogP contribution in [0.4, 0.5) is 0 Å². The standard InChI is InChI=1S/C5H6O2S/c1-7-4-2-5(6)8-3-4/h2H,3H2,1H3. The number of rotatable bonds is 1. The Kier molecular flexibility index (Phi) is 1.58. The van der Waals surface area contributed by atoms with Crippen LogP contribution in [0.5, 0.6) is 0 Å². The van der Waals surface area contributed by atoms with Crippen LogP contribution in [0.3, 0.4) is 0 Å². The summed E-state index contributed by atoms with van der Waals surface area (Å²) in [5, 5.41) is 0.0989. The minimum atomic E-state index is 0.0989. The summed E-state index contributed by atoms with van der Waals surface area (Å²) < 4.78 is 4.80. The molecule has 1 aliphatic heterocycles. The van der Waals surface area contributed by atoms with Gasteiger partial charge in [0.05, 0.1) is 12.9 Å². The first-order valence-electron chi connectivity index (χ1n) is 2.24. The summed E-state index contributed by atoms with van der Waals surface area (Å²) in [6, 6.07) is 0. The fraction of sp³-hybridized carbons (Fsp3) is 0.400. The Morgan fingerprint density at radius 1 is 1.88 bits per heavy atom. The molecule has 1 aliphatic rings. The van der Waals surface area contributed by atoms with Gasteiger partial charge in [0.15, 0.2) is 0 Å². The molecule has 0 radical (unpaired) electrons. The van der Waals surface area contributed by atoms with Crippen molar-refractivity contribution >= 4 is 16.9 Å². The lowest BCUT2D eigenvalue weighted by Crippen LogP contribution is -1.82. The van der Waals surface area contributed by atoms with Crippen molar-refractivity contribution < 1.29 is 9.53 Å². The molecule has 0 aliphatic carbocycles. The number of carbonyl (C=O) groups excluding carboxylic acids is 1. The Bertz CT molecular complexity index is 139. The molecule has 0 atom stereocenters. The number of methoxy groups -OCH3 is 1. The van der Waals surface area contributed by atoms with Crippen LogP contribution in [-0.2, 0) is 9.53 Å². The zero-order chi connectivity index (χ0) is 5.98. The third-order valence-corrected chi connectivity index (χ3v) is 1.73. The van der Waals surface area contributed by atoms with E-state index in [1.807, 2.05) is 0 Å². The van der Waals surface area contributed by atoms with Gasteiger partial charge in [0.25, 0.3) is 0 Å². The molecule has 0 spiro atoms. The summed E-state index contributed by atoms with van der Waals surface area (Å²) in [5.74, 6) is 1.48. The quantitative estimate of drug-likeness (QED) is 0.525. The fourth-order valence-electron chi connectivity index (χ4n) is 0.475. The molecule has 1 heterocycles. The molecule has 0 aromatic heterocycles. The lowest BCUT2D eigenvalue weighted by atomic mass is 10.5. The predicted octanol–water partition coefficient (Wildman–Crippen LogP) is 0.790. The van der Waals surface area contributed by atoms with Crippen molar-refractivity contribution in [2.75, 3.05) is 12.9 Å². The van der Waals surface area contributed by atoms with Gasteiger partial charge in [-0.1, -0.05) is 11.8 Å². The third-order valence-electron chi connectivity index (χ3n) is 0.898. The highest BCUT2D eigenvalue weighted by Crippen LogP contribution is 2.18. The topological polar surface area (TPSA) is 26.3 Å². The first-order valence-corrected chi connectivity index (χ1v) is 3.23. The van der Waals surface area contributed by atoms with Crippen LogP contribution in [-0.4, -0.2) is 18.0 Å². The number of hydrogen-bond acceptors (Lipinski definition) is 3. The summed E-state index contributed by atoms with van der Waals surface area (Å²) in [4.78, 5) is 10.4. The summed E-state index contributed by atoms with van der Waals surface area (Å²) in [6.07, 6.45) is 1.52. The van der Waals surface area contributed by atoms with E-state index in [0.717, 1.165) is 5.76 Å². The van der Waals surface area contributed by atoms with Gasteiger partial charge in [0.2, 0.25) is 5.12 Å². The maximum absolute atomic E-state index is 10.4. The molecule has 3 heteroatoms. The molecule has 0 fully saturated rings. The average molecular weight is 130 g/mol. The van der Waals surface area contributed by atoms with Gasteiger partial charge >= 0.3 is 0 Å². The van der Waals surface area contributed by atoms with Gasteiger partial charge in [-0.2, -0.15) is 0 Å². The van der Waals surface area contributed by atoms with E-state index >= 15 is 0 Å². The van der Waals surface area contributed by atoms with E-state index in [4.69, 9.17) is 4.74 Å². The van der Waals surface area contributed by atoms with Gasteiger partial charge in [-0.15, -0.1) is 0 Å². The Hall–Kier alpha value is -0.440. The van der Waals surface area contributed by atoms with Crippen molar-refractivity contribution in [2.24, 2.45) is 0 Å². The third kappa shape index (κ3) is 1.04. The second-order valence-corrected chi connectivity index (χ2v) is 2.40. The van der Waals surface area contributed by atoms with E-state index in [9.17, 15) is 4.79 Å². The highest BCUT2D eigenvalue weighted by Gasteiger charge is 2.11. The maximum atomic E-state index is 10.4. The Balaban J connectivity index is 2.57. The molecule has 2 nitrogen and oxygen atoms in total. The van der Waals surface area contributed by atoms with E-state index in [2.05, 4.69) is 0 Å². The van der Waals surface area contributed by atoms with Crippen molar-refractivity contribution in [1.29, 1.82) is 0 Å². The first kappa shape index (κ1) is 5.69. The van der Waals surface area contributed by atoms with Crippen LogP contribution in [0.1, 0.15) is 0 Å². The Morgan fingerprint density at radius 2 is 2.62 bits per heavy atom. The summed E-state index contributed by atoms with van der Waals surface area (Å²) in [7, 11) is 1.57. The minimum absolute atomic E-state index is 0.0989. The fourth-order valence-corrected chi connectivity index (χ4v) is 1.18. The molecule has 1 rings (SSSR count). The van der Waals surface area contributed by atoms with E-state index in [-0.39, 0.29) is 5.12 Å². The molecule has 0 saturated carbocycles. The molecule has 0 bridgehead atoms. The average Bonchev–Trinajstić information content (AvgIpc) is 2.14. The van der Waals surface area contributed by atoms with Crippen molar-refractivity contribution in [3.63, 3.8) is 0 Å². The second-order valence-electron chi connectivity index (χ2n) is 1.42. The molecule has 0 amide bonds. The molecule has 0 aromatic rings. The molecule has 0 saturated heterocycles.